The van der Waals surface area contributed by atoms with E-state index in [4.69, 9.17) is 5.73 Å². The van der Waals surface area contributed by atoms with E-state index in [2.05, 4.69) is 33.0 Å². The zero-order chi connectivity index (χ0) is 13.6. The van der Waals surface area contributed by atoms with Gasteiger partial charge in [0.1, 0.15) is 0 Å². The van der Waals surface area contributed by atoms with E-state index in [0.717, 1.165) is 12.8 Å². The lowest BCUT2D eigenvalue weighted by Gasteiger charge is -2.29. The molecule has 0 spiro atoms. The van der Waals surface area contributed by atoms with Crippen LogP contribution in [0.15, 0.2) is 0 Å². The lowest BCUT2D eigenvalue weighted by Crippen LogP contribution is -2.41. The predicted molar refractivity (Wildman–Crippen MR) is 74.0 cm³/mol. The SMILES string of the molecule is CC1(C)C(NC(=O)C2CCCCC2CN)C1(C)C. The molecule has 0 aliphatic heterocycles. The molecular formula is C15H28N2O. The van der Waals surface area contributed by atoms with Crippen molar-refractivity contribution in [2.75, 3.05) is 6.54 Å². The van der Waals surface area contributed by atoms with Crippen molar-refractivity contribution in [1.82, 2.24) is 5.32 Å². The molecule has 0 aromatic rings. The zero-order valence-electron chi connectivity index (χ0n) is 12.3. The molecule has 2 unspecified atom stereocenters. The first kappa shape index (κ1) is 13.9. The number of rotatable bonds is 3. The maximum absolute atomic E-state index is 12.4. The molecule has 3 nitrogen and oxygen atoms in total. The number of nitrogens with one attached hydrogen (secondary N) is 1. The summed E-state index contributed by atoms with van der Waals surface area (Å²) < 4.78 is 0. The third-order valence-corrected chi connectivity index (χ3v) is 5.86. The molecule has 2 aliphatic rings. The quantitative estimate of drug-likeness (QED) is 0.810. The number of nitrogens with two attached hydrogens (primary N) is 1. The largest absolute Gasteiger partial charge is 0.352 e. The van der Waals surface area contributed by atoms with E-state index < -0.39 is 0 Å². The Morgan fingerprint density at radius 3 is 2.22 bits per heavy atom. The van der Waals surface area contributed by atoms with Crippen molar-refractivity contribution in [3.8, 4) is 0 Å². The molecule has 2 aliphatic carbocycles. The smallest absolute Gasteiger partial charge is 0.223 e. The molecule has 0 radical (unpaired) electrons. The maximum Gasteiger partial charge on any atom is 0.223 e. The van der Waals surface area contributed by atoms with Gasteiger partial charge in [0.15, 0.2) is 0 Å². The molecule has 2 rings (SSSR count). The van der Waals surface area contributed by atoms with Gasteiger partial charge in [0, 0.05) is 12.0 Å². The Morgan fingerprint density at radius 1 is 1.17 bits per heavy atom. The van der Waals surface area contributed by atoms with Gasteiger partial charge >= 0.3 is 0 Å². The first-order valence-corrected chi connectivity index (χ1v) is 7.33. The second-order valence-corrected chi connectivity index (χ2v) is 7.27. The van der Waals surface area contributed by atoms with E-state index in [0.29, 0.717) is 18.5 Å². The van der Waals surface area contributed by atoms with Crippen LogP contribution in [0.1, 0.15) is 53.4 Å². The fraction of sp³-hybridized carbons (Fsp3) is 0.933. The molecule has 0 heterocycles. The monoisotopic (exact) mass is 252 g/mol. The Labute approximate surface area is 111 Å². The summed E-state index contributed by atoms with van der Waals surface area (Å²) in [6.07, 6.45) is 4.53. The normalized spacial score (nSPS) is 34.1. The van der Waals surface area contributed by atoms with Gasteiger partial charge in [-0.15, -0.1) is 0 Å². The van der Waals surface area contributed by atoms with Crippen LogP contribution < -0.4 is 11.1 Å². The van der Waals surface area contributed by atoms with Crippen LogP contribution in [-0.2, 0) is 4.79 Å². The molecule has 18 heavy (non-hydrogen) atoms. The Hall–Kier alpha value is -0.570. The van der Waals surface area contributed by atoms with Gasteiger partial charge in [-0.2, -0.15) is 0 Å². The van der Waals surface area contributed by atoms with Gasteiger partial charge in [-0.25, -0.2) is 0 Å². The average molecular weight is 252 g/mol. The molecule has 2 fully saturated rings. The lowest BCUT2D eigenvalue weighted by atomic mass is 9.78. The van der Waals surface area contributed by atoms with Crippen molar-refractivity contribution in [3.63, 3.8) is 0 Å². The Kier molecular flexibility index (Phi) is 3.48. The summed E-state index contributed by atoms with van der Waals surface area (Å²) in [5.41, 5.74) is 6.24. The molecule has 0 aromatic carbocycles. The van der Waals surface area contributed by atoms with Gasteiger partial charge < -0.3 is 11.1 Å². The summed E-state index contributed by atoms with van der Waals surface area (Å²) in [5, 5.41) is 3.27. The lowest BCUT2D eigenvalue weighted by molar-refractivity contribution is -0.128. The minimum atomic E-state index is 0.149. The number of carbonyl (C=O) groups is 1. The average Bonchev–Trinajstić information content (AvgIpc) is 2.71. The summed E-state index contributed by atoms with van der Waals surface area (Å²) in [7, 11) is 0. The van der Waals surface area contributed by atoms with Crippen molar-refractivity contribution in [1.29, 1.82) is 0 Å². The van der Waals surface area contributed by atoms with Crippen LogP contribution >= 0.6 is 0 Å². The van der Waals surface area contributed by atoms with Gasteiger partial charge in [-0.1, -0.05) is 40.5 Å². The van der Waals surface area contributed by atoms with Crippen LogP contribution in [0.3, 0.4) is 0 Å². The highest BCUT2D eigenvalue weighted by molar-refractivity contribution is 5.80. The van der Waals surface area contributed by atoms with Crippen molar-refractivity contribution in [2.45, 2.75) is 59.4 Å². The predicted octanol–water partition coefficient (Wildman–Crippen LogP) is 2.30. The van der Waals surface area contributed by atoms with Crippen LogP contribution in [0, 0.1) is 22.7 Å². The second-order valence-electron chi connectivity index (χ2n) is 7.27. The maximum atomic E-state index is 12.4. The first-order valence-electron chi connectivity index (χ1n) is 7.33. The number of carbonyl (C=O) groups excluding carboxylic acids is 1. The first-order chi connectivity index (χ1) is 8.32. The van der Waals surface area contributed by atoms with Gasteiger partial charge in [0.05, 0.1) is 0 Å². The summed E-state index contributed by atoms with van der Waals surface area (Å²) >= 11 is 0. The van der Waals surface area contributed by atoms with Crippen molar-refractivity contribution >= 4 is 5.91 Å². The fourth-order valence-electron chi connectivity index (χ4n) is 3.64. The minimum Gasteiger partial charge on any atom is -0.352 e. The number of hydrogen-bond donors (Lipinski definition) is 2. The third-order valence-electron chi connectivity index (χ3n) is 5.86. The number of hydrogen-bond acceptors (Lipinski definition) is 2. The highest BCUT2D eigenvalue weighted by atomic mass is 16.2. The molecule has 0 saturated heterocycles. The molecular weight excluding hydrogens is 224 g/mol. The van der Waals surface area contributed by atoms with E-state index in [1.54, 1.807) is 0 Å². The highest BCUT2D eigenvalue weighted by Gasteiger charge is 2.65. The van der Waals surface area contributed by atoms with Gasteiger partial charge in [-0.05, 0) is 36.1 Å². The van der Waals surface area contributed by atoms with Crippen molar-refractivity contribution < 1.29 is 4.79 Å². The van der Waals surface area contributed by atoms with Crippen LogP contribution in [-0.4, -0.2) is 18.5 Å². The third kappa shape index (κ3) is 2.07. The molecule has 0 aromatic heterocycles. The van der Waals surface area contributed by atoms with E-state index in [9.17, 15) is 4.79 Å². The van der Waals surface area contributed by atoms with Crippen molar-refractivity contribution in [2.24, 2.45) is 28.4 Å². The highest BCUT2D eigenvalue weighted by Crippen LogP contribution is 2.62. The standard InChI is InChI=1S/C15H28N2O/c1-14(2)13(15(14,3)4)17-12(18)11-8-6-5-7-10(11)9-16/h10-11,13H,5-9,16H2,1-4H3,(H,17,18). The van der Waals surface area contributed by atoms with Crippen LogP contribution in [0.2, 0.25) is 0 Å². The van der Waals surface area contributed by atoms with E-state index in [1.165, 1.54) is 12.8 Å². The summed E-state index contributed by atoms with van der Waals surface area (Å²) in [6.45, 7) is 9.59. The van der Waals surface area contributed by atoms with E-state index in [-0.39, 0.29) is 22.7 Å². The van der Waals surface area contributed by atoms with Crippen LogP contribution in [0.5, 0.6) is 0 Å². The Balaban J connectivity index is 1.96. The van der Waals surface area contributed by atoms with Gasteiger partial charge in [-0.3, -0.25) is 4.79 Å². The zero-order valence-corrected chi connectivity index (χ0v) is 12.3. The van der Waals surface area contributed by atoms with Crippen LogP contribution in [0.25, 0.3) is 0 Å². The van der Waals surface area contributed by atoms with Gasteiger partial charge in [0.2, 0.25) is 5.91 Å². The number of amides is 1. The summed E-state index contributed by atoms with van der Waals surface area (Å²) in [6, 6.07) is 0.317. The Morgan fingerprint density at radius 2 is 1.72 bits per heavy atom. The molecule has 3 heteroatoms. The van der Waals surface area contributed by atoms with Crippen LogP contribution in [0.4, 0.5) is 0 Å². The molecule has 2 saturated carbocycles. The Bertz CT molecular complexity index is 321. The van der Waals surface area contributed by atoms with E-state index in [1.807, 2.05) is 0 Å². The molecule has 1 amide bonds. The molecule has 104 valence electrons. The molecule has 3 N–H and O–H groups in total. The minimum absolute atomic E-state index is 0.149. The topological polar surface area (TPSA) is 55.1 Å². The fourth-order valence-corrected chi connectivity index (χ4v) is 3.64. The summed E-state index contributed by atoms with van der Waals surface area (Å²) in [5.74, 6) is 0.786. The second kappa shape index (κ2) is 4.52. The molecule has 2 atom stereocenters. The van der Waals surface area contributed by atoms with E-state index >= 15 is 0 Å². The summed E-state index contributed by atoms with van der Waals surface area (Å²) in [4.78, 5) is 12.4. The van der Waals surface area contributed by atoms with Crippen molar-refractivity contribution in [3.05, 3.63) is 0 Å². The van der Waals surface area contributed by atoms with Gasteiger partial charge in [0.25, 0.3) is 0 Å². The molecule has 0 bridgehead atoms.